The Morgan fingerprint density at radius 3 is 3.12 bits per heavy atom. The monoisotopic (exact) mass is 354 g/mol. The maximum atomic E-state index is 12.4. The SMILES string of the molecule is O=C(c1ccco1)N1CCC[C@@H](OCc2nc(-c3cccnc3)no2)C1. The van der Waals surface area contributed by atoms with Crippen LogP contribution in [0.25, 0.3) is 11.4 Å². The van der Waals surface area contributed by atoms with Gasteiger partial charge in [0.05, 0.1) is 12.4 Å². The molecule has 0 spiro atoms. The van der Waals surface area contributed by atoms with E-state index in [0.717, 1.165) is 18.4 Å². The highest BCUT2D eigenvalue weighted by atomic mass is 16.5. The number of amides is 1. The molecule has 26 heavy (non-hydrogen) atoms. The third-order valence-electron chi connectivity index (χ3n) is 4.23. The number of hydrogen-bond acceptors (Lipinski definition) is 7. The number of carbonyl (C=O) groups excluding carboxylic acids is 1. The second-order valence-corrected chi connectivity index (χ2v) is 6.06. The topological polar surface area (TPSA) is 94.5 Å². The minimum atomic E-state index is -0.111. The van der Waals surface area contributed by atoms with Gasteiger partial charge in [0.25, 0.3) is 11.8 Å². The summed E-state index contributed by atoms with van der Waals surface area (Å²) >= 11 is 0. The van der Waals surface area contributed by atoms with Gasteiger partial charge in [0.1, 0.15) is 6.61 Å². The quantitative estimate of drug-likeness (QED) is 0.695. The molecule has 1 saturated heterocycles. The standard InChI is InChI=1S/C18H18N4O4/c23-18(15-6-3-9-24-15)22-8-2-5-14(11-22)25-12-16-20-17(21-26-16)13-4-1-7-19-10-13/h1,3-4,6-7,9-10,14H,2,5,8,11-12H2/t14-/m1/s1. The molecule has 0 aliphatic carbocycles. The molecule has 8 heteroatoms. The molecule has 0 bridgehead atoms. The Kier molecular flexibility index (Phi) is 4.74. The van der Waals surface area contributed by atoms with E-state index in [1.807, 2.05) is 12.1 Å². The van der Waals surface area contributed by atoms with E-state index in [0.29, 0.717) is 30.6 Å². The van der Waals surface area contributed by atoms with Crippen LogP contribution in [0.3, 0.4) is 0 Å². The minimum absolute atomic E-state index is 0.0728. The molecule has 0 unspecified atom stereocenters. The van der Waals surface area contributed by atoms with Gasteiger partial charge in [-0.1, -0.05) is 5.16 Å². The third kappa shape index (κ3) is 3.65. The first-order valence-electron chi connectivity index (χ1n) is 8.47. The summed E-state index contributed by atoms with van der Waals surface area (Å²) in [6.07, 6.45) is 6.55. The van der Waals surface area contributed by atoms with Crippen LogP contribution in [0, 0.1) is 0 Å². The smallest absolute Gasteiger partial charge is 0.289 e. The van der Waals surface area contributed by atoms with Gasteiger partial charge in [0.2, 0.25) is 5.82 Å². The summed E-state index contributed by atoms with van der Waals surface area (Å²) < 4.78 is 16.3. The molecule has 0 aromatic carbocycles. The van der Waals surface area contributed by atoms with Gasteiger partial charge in [-0.15, -0.1) is 0 Å². The van der Waals surface area contributed by atoms with Crippen molar-refractivity contribution in [2.75, 3.05) is 13.1 Å². The molecular weight excluding hydrogens is 336 g/mol. The molecular formula is C18H18N4O4. The summed E-state index contributed by atoms with van der Waals surface area (Å²) in [5, 5.41) is 3.94. The lowest BCUT2D eigenvalue weighted by molar-refractivity contribution is -0.0160. The number of aromatic nitrogens is 3. The average molecular weight is 354 g/mol. The van der Waals surface area contributed by atoms with Crippen molar-refractivity contribution in [1.29, 1.82) is 0 Å². The zero-order valence-corrected chi connectivity index (χ0v) is 14.1. The van der Waals surface area contributed by atoms with E-state index in [-0.39, 0.29) is 18.6 Å². The molecule has 3 aromatic heterocycles. The second-order valence-electron chi connectivity index (χ2n) is 6.06. The highest BCUT2D eigenvalue weighted by Gasteiger charge is 2.26. The molecule has 1 amide bonds. The first-order valence-corrected chi connectivity index (χ1v) is 8.47. The molecule has 4 heterocycles. The summed E-state index contributed by atoms with van der Waals surface area (Å²) in [6, 6.07) is 7.06. The predicted molar refractivity (Wildman–Crippen MR) is 90.0 cm³/mol. The Morgan fingerprint density at radius 1 is 1.35 bits per heavy atom. The van der Waals surface area contributed by atoms with Crippen molar-refractivity contribution < 1.29 is 18.5 Å². The summed E-state index contributed by atoms with van der Waals surface area (Å²) in [4.78, 5) is 22.5. The molecule has 1 aliphatic heterocycles. The summed E-state index contributed by atoms with van der Waals surface area (Å²) in [7, 11) is 0. The van der Waals surface area contributed by atoms with Crippen LogP contribution in [-0.4, -0.2) is 45.1 Å². The Hall–Kier alpha value is -3.00. The molecule has 3 aromatic rings. The average Bonchev–Trinajstić information content (AvgIpc) is 3.39. The fraction of sp³-hybridized carbons (Fsp3) is 0.333. The number of piperidine rings is 1. The number of rotatable bonds is 5. The largest absolute Gasteiger partial charge is 0.459 e. The van der Waals surface area contributed by atoms with Crippen molar-refractivity contribution >= 4 is 5.91 Å². The number of hydrogen-bond donors (Lipinski definition) is 0. The van der Waals surface area contributed by atoms with Crippen LogP contribution in [0.1, 0.15) is 29.3 Å². The van der Waals surface area contributed by atoms with E-state index in [1.54, 1.807) is 29.4 Å². The Labute approximate surface area is 149 Å². The molecule has 0 saturated carbocycles. The number of ether oxygens (including phenoxy) is 1. The molecule has 8 nitrogen and oxygen atoms in total. The van der Waals surface area contributed by atoms with Crippen molar-refractivity contribution in [3.63, 3.8) is 0 Å². The highest BCUT2D eigenvalue weighted by Crippen LogP contribution is 2.19. The Balaban J connectivity index is 1.33. The number of nitrogens with zero attached hydrogens (tertiary/aromatic N) is 4. The van der Waals surface area contributed by atoms with Gasteiger partial charge in [-0.25, -0.2) is 0 Å². The van der Waals surface area contributed by atoms with Gasteiger partial charge in [0.15, 0.2) is 5.76 Å². The van der Waals surface area contributed by atoms with Crippen LogP contribution in [-0.2, 0) is 11.3 Å². The maximum absolute atomic E-state index is 12.4. The Morgan fingerprint density at radius 2 is 2.31 bits per heavy atom. The van der Waals surface area contributed by atoms with Crippen molar-refractivity contribution in [2.24, 2.45) is 0 Å². The van der Waals surface area contributed by atoms with E-state index in [1.165, 1.54) is 6.26 Å². The molecule has 1 atom stereocenters. The van der Waals surface area contributed by atoms with Gasteiger partial charge >= 0.3 is 0 Å². The van der Waals surface area contributed by atoms with Gasteiger partial charge in [-0.05, 0) is 37.1 Å². The summed E-state index contributed by atoms with van der Waals surface area (Å²) in [5.74, 6) is 1.12. The van der Waals surface area contributed by atoms with Gasteiger partial charge in [-0.2, -0.15) is 4.98 Å². The number of carbonyl (C=O) groups is 1. The lowest BCUT2D eigenvalue weighted by Crippen LogP contribution is -2.43. The molecule has 0 N–H and O–H groups in total. The number of likely N-dealkylation sites (tertiary alicyclic amines) is 1. The van der Waals surface area contributed by atoms with Crippen LogP contribution < -0.4 is 0 Å². The minimum Gasteiger partial charge on any atom is -0.459 e. The van der Waals surface area contributed by atoms with Crippen LogP contribution in [0.4, 0.5) is 0 Å². The van der Waals surface area contributed by atoms with E-state index < -0.39 is 0 Å². The normalized spacial score (nSPS) is 17.4. The van der Waals surface area contributed by atoms with Gasteiger partial charge < -0.3 is 18.6 Å². The lowest BCUT2D eigenvalue weighted by atomic mass is 10.1. The summed E-state index contributed by atoms with van der Waals surface area (Å²) in [6.45, 7) is 1.43. The van der Waals surface area contributed by atoms with Gasteiger partial charge in [-0.3, -0.25) is 9.78 Å². The van der Waals surface area contributed by atoms with Gasteiger partial charge in [0, 0.05) is 31.0 Å². The lowest BCUT2D eigenvalue weighted by Gasteiger charge is -2.31. The zero-order chi connectivity index (χ0) is 17.8. The molecule has 0 radical (unpaired) electrons. The zero-order valence-electron chi connectivity index (χ0n) is 14.1. The fourth-order valence-corrected chi connectivity index (χ4v) is 2.93. The number of furan rings is 1. The first kappa shape index (κ1) is 16.5. The second kappa shape index (κ2) is 7.49. The van der Waals surface area contributed by atoms with Crippen LogP contribution in [0.5, 0.6) is 0 Å². The fourth-order valence-electron chi connectivity index (χ4n) is 2.93. The van der Waals surface area contributed by atoms with Crippen molar-refractivity contribution in [1.82, 2.24) is 20.0 Å². The van der Waals surface area contributed by atoms with E-state index >= 15 is 0 Å². The highest BCUT2D eigenvalue weighted by molar-refractivity contribution is 5.91. The first-order chi connectivity index (χ1) is 12.8. The molecule has 4 rings (SSSR count). The molecule has 1 aliphatic rings. The van der Waals surface area contributed by atoms with Crippen LogP contribution in [0.2, 0.25) is 0 Å². The van der Waals surface area contributed by atoms with Crippen molar-refractivity contribution in [3.05, 3.63) is 54.6 Å². The van der Waals surface area contributed by atoms with Crippen LogP contribution >= 0.6 is 0 Å². The van der Waals surface area contributed by atoms with Crippen molar-refractivity contribution in [3.8, 4) is 11.4 Å². The predicted octanol–water partition coefficient (Wildman–Crippen LogP) is 2.55. The molecule has 134 valence electrons. The Bertz CT molecular complexity index is 847. The van der Waals surface area contributed by atoms with Crippen molar-refractivity contribution in [2.45, 2.75) is 25.6 Å². The van der Waals surface area contributed by atoms with E-state index in [9.17, 15) is 4.79 Å². The van der Waals surface area contributed by atoms with E-state index in [4.69, 9.17) is 13.7 Å². The van der Waals surface area contributed by atoms with E-state index in [2.05, 4.69) is 15.1 Å². The van der Waals surface area contributed by atoms with Crippen LogP contribution in [0.15, 0.2) is 51.9 Å². The maximum Gasteiger partial charge on any atom is 0.289 e. The number of pyridine rings is 1. The summed E-state index contributed by atoms with van der Waals surface area (Å²) in [5.41, 5.74) is 0.787. The molecule has 1 fully saturated rings. The third-order valence-corrected chi connectivity index (χ3v) is 4.23.